The molecule has 172 valence electrons. The van der Waals surface area contributed by atoms with Crippen molar-refractivity contribution in [3.8, 4) is 0 Å². The Morgan fingerprint density at radius 1 is 1.39 bits per heavy atom. The molecular weight excluding hydrogens is 396 g/mol. The minimum atomic E-state index is -1.23. The van der Waals surface area contributed by atoms with Gasteiger partial charge >= 0.3 is 0 Å². The maximum absolute atomic E-state index is 14.8. The Labute approximate surface area is 185 Å². The average molecular weight is 434 g/mol. The molecule has 0 fully saturated rings. The van der Waals surface area contributed by atoms with E-state index >= 15 is 0 Å². The van der Waals surface area contributed by atoms with E-state index in [1.807, 2.05) is 0 Å². The summed E-state index contributed by atoms with van der Waals surface area (Å²) in [5.41, 5.74) is 9.37. The first kappa shape index (κ1) is 22.5. The van der Waals surface area contributed by atoms with Gasteiger partial charge in [0.05, 0.1) is 18.7 Å². The van der Waals surface area contributed by atoms with Gasteiger partial charge in [-0.25, -0.2) is 14.2 Å². The fourth-order valence-corrected chi connectivity index (χ4v) is 5.44. The fraction of sp³-hybridized carbons (Fsp3) is 0.680. The van der Waals surface area contributed by atoms with Crippen LogP contribution in [0.2, 0.25) is 0 Å². The second-order valence-corrected chi connectivity index (χ2v) is 9.46. The van der Waals surface area contributed by atoms with E-state index in [1.54, 1.807) is 13.2 Å². The van der Waals surface area contributed by atoms with Crippen LogP contribution in [0.1, 0.15) is 65.7 Å². The molecule has 0 spiro atoms. The lowest BCUT2D eigenvalue weighted by atomic mass is 9.80. The molecule has 5 atom stereocenters. The van der Waals surface area contributed by atoms with Crippen molar-refractivity contribution in [1.82, 2.24) is 15.8 Å². The number of alkyl halides is 2. The number of hydrogen-bond acceptors (Lipinski definition) is 4. The van der Waals surface area contributed by atoms with Crippen LogP contribution in [0, 0.1) is 5.92 Å². The largest absolute Gasteiger partial charge is 0.381 e. The number of hydrazine groups is 1. The summed E-state index contributed by atoms with van der Waals surface area (Å²) in [4.78, 5) is 0. The van der Waals surface area contributed by atoms with Gasteiger partial charge in [0.15, 0.2) is 0 Å². The molecule has 6 heteroatoms. The molecule has 0 saturated carbocycles. The van der Waals surface area contributed by atoms with Gasteiger partial charge in [0.1, 0.15) is 18.2 Å². The van der Waals surface area contributed by atoms with Crippen molar-refractivity contribution < 1.29 is 13.5 Å². The third kappa shape index (κ3) is 4.61. The molecule has 0 amide bonds. The number of hydrogen-bond donors (Lipinski definition) is 2. The summed E-state index contributed by atoms with van der Waals surface area (Å²) >= 11 is 0. The predicted molar refractivity (Wildman–Crippen MR) is 120 cm³/mol. The molecule has 2 N–H and O–H groups in total. The summed E-state index contributed by atoms with van der Waals surface area (Å²) in [6.45, 7) is 7.24. The molecule has 31 heavy (non-hydrogen) atoms. The van der Waals surface area contributed by atoms with Gasteiger partial charge in [-0.3, -0.25) is 5.01 Å². The zero-order valence-electron chi connectivity index (χ0n) is 19.3. The summed E-state index contributed by atoms with van der Waals surface area (Å²) in [6, 6.07) is 0.0157. The second-order valence-electron chi connectivity index (χ2n) is 9.46. The normalized spacial score (nSPS) is 32.5. The lowest BCUT2D eigenvalue weighted by Crippen LogP contribution is -2.45. The van der Waals surface area contributed by atoms with Crippen molar-refractivity contribution in [2.24, 2.45) is 5.92 Å². The molecule has 0 aromatic carbocycles. The summed E-state index contributed by atoms with van der Waals surface area (Å²) in [6.07, 6.45) is 7.61. The Morgan fingerprint density at radius 3 is 2.90 bits per heavy atom. The Morgan fingerprint density at radius 2 is 2.19 bits per heavy atom. The highest BCUT2D eigenvalue weighted by Crippen LogP contribution is 2.41. The van der Waals surface area contributed by atoms with Crippen LogP contribution in [0.25, 0.3) is 0 Å². The highest BCUT2D eigenvalue weighted by atomic mass is 19.1. The molecule has 0 aromatic rings. The molecule has 4 aliphatic rings. The quantitative estimate of drug-likeness (QED) is 0.563. The molecule has 2 heterocycles. The van der Waals surface area contributed by atoms with Gasteiger partial charge in [-0.1, -0.05) is 24.6 Å². The standard InChI is InChI=1S/C25H37F2N3O/c1-5-17(7-6-15(2)31-4)18-8-9-19-14-30-25(28-23(19)12-18)24(16(3)29-30)21-11-10-20(26)13-22(21)27/h7,11,15-16,18,20,22,28-29H,5-6,8-10,12-14H2,1-4H3/b17-7+. The first-order chi connectivity index (χ1) is 14.9. The van der Waals surface area contributed by atoms with E-state index in [9.17, 15) is 8.78 Å². The van der Waals surface area contributed by atoms with E-state index in [1.165, 1.54) is 23.3 Å². The van der Waals surface area contributed by atoms with Gasteiger partial charge in [0.2, 0.25) is 0 Å². The molecule has 0 saturated heterocycles. The van der Waals surface area contributed by atoms with Gasteiger partial charge in [0, 0.05) is 24.8 Å². The number of fused-ring (bicyclic) bond motifs is 1. The van der Waals surface area contributed by atoms with Crippen LogP contribution in [0.4, 0.5) is 8.78 Å². The molecule has 5 unspecified atom stereocenters. The maximum atomic E-state index is 14.8. The molecule has 0 bridgehead atoms. The first-order valence-electron chi connectivity index (χ1n) is 11.9. The Hall–Kier alpha value is -1.66. The molecule has 2 aliphatic heterocycles. The van der Waals surface area contributed by atoms with Crippen molar-refractivity contribution in [3.63, 3.8) is 0 Å². The minimum absolute atomic E-state index is 0.0157. The Bertz CT molecular complexity index is 816. The van der Waals surface area contributed by atoms with Gasteiger partial charge < -0.3 is 10.1 Å². The zero-order valence-corrected chi connectivity index (χ0v) is 19.3. The zero-order chi connectivity index (χ0) is 22.1. The van der Waals surface area contributed by atoms with Crippen molar-refractivity contribution >= 4 is 0 Å². The van der Waals surface area contributed by atoms with E-state index in [0.29, 0.717) is 17.9 Å². The van der Waals surface area contributed by atoms with E-state index in [2.05, 4.69) is 42.6 Å². The van der Waals surface area contributed by atoms with Gasteiger partial charge in [-0.15, -0.1) is 0 Å². The Balaban J connectivity index is 1.55. The number of rotatable bonds is 6. The molecular formula is C25H37F2N3O. The van der Waals surface area contributed by atoms with Crippen LogP contribution in [-0.4, -0.2) is 43.2 Å². The van der Waals surface area contributed by atoms with Gasteiger partial charge in [-0.05, 0) is 69.4 Å². The lowest BCUT2D eigenvalue weighted by molar-refractivity contribution is 0.120. The summed E-state index contributed by atoms with van der Waals surface area (Å²) in [5, 5.41) is 5.81. The second kappa shape index (κ2) is 9.45. The Kier molecular flexibility index (Phi) is 6.87. The van der Waals surface area contributed by atoms with Crippen molar-refractivity contribution in [3.05, 3.63) is 46.0 Å². The number of halogens is 2. The van der Waals surface area contributed by atoms with E-state index < -0.39 is 12.3 Å². The fourth-order valence-electron chi connectivity index (χ4n) is 5.44. The highest BCUT2D eigenvalue weighted by Gasteiger charge is 2.39. The van der Waals surface area contributed by atoms with Crippen LogP contribution in [0.15, 0.2) is 46.0 Å². The van der Waals surface area contributed by atoms with Gasteiger partial charge in [0.25, 0.3) is 0 Å². The van der Waals surface area contributed by atoms with Crippen LogP contribution in [0.3, 0.4) is 0 Å². The smallest absolute Gasteiger partial charge is 0.128 e. The maximum Gasteiger partial charge on any atom is 0.128 e. The number of ether oxygens (including phenoxy) is 1. The topological polar surface area (TPSA) is 36.5 Å². The van der Waals surface area contributed by atoms with Crippen molar-refractivity contribution in [2.75, 3.05) is 13.7 Å². The summed E-state index contributed by atoms with van der Waals surface area (Å²) < 4.78 is 33.8. The SMILES string of the molecule is CC/C(=C\CC(C)OC)C1CCC2=C(C1)NC1=C(C3=CCC(F)CC3F)C(C)NN1C2. The highest BCUT2D eigenvalue weighted by molar-refractivity contribution is 5.47. The number of allylic oxidation sites excluding steroid dienone is 3. The van der Waals surface area contributed by atoms with Crippen molar-refractivity contribution in [2.45, 2.75) is 90.2 Å². The predicted octanol–water partition coefficient (Wildman–Crippen LogP) is 5.22. The van der Waals surface area contributed by atoms with Crippen LogP contribution in [0.5, 0.6) is 0 Å². The lowest BCUT2D eigenvalue weighted by Gasteiger charge is -2.38. The first-order valence-corrected chi connectivity index (χ1v) is 11.9. The van der Waals surface area contributed by atoms with Crippen LogP contribution >= 0.6 is 0 Å². The molecule has 4 rings (SSSR count). The molecule has 2 aliphatic carbocycles. The summed E-state index contributed by atoms with van der Waals surface area (Å²) in [7, 11) is 1.76. The van der Waals surface area contributed by atoms with E-state index in [0.717, 1.165) is 43.6 Å². The van der Waals surface area contributed by atoms with Crippen LogP contribution < -0.4 is 10.7 Å². The third-order valence-electron chi connectivity index (χ3n) is 7.35. The number of nitrogens with zero attached hydrogens (tertiary/aromatic N) is 1. The van der Waals surface area contributed by atoms with E-state index in [-0.39, 0.29) is 18.6 Å². The molecule has 4 nitrogen and oxygen atoms in total. The van der Waals surface area contributed by atoms with Crippen LogP contribution in [-0.2, 0) is 4.74 Å². The number of methoxy groups -OCH3 is 1. The average Bonchev–Trinajstić information content (AvgIpc) is 3.06. The van der Waals surface area contributed by atoms with E-state index in [4.69, 9.17) is 4.74 Å². The number of nitrogens with one attached hydrogen (secondary N) is 2. The molecule has 0 aromatic heterocycles. The monoisotopic (exact) mass is 433 g/mol. The minimum Gasteiger partial charge on any atom is -0.381 e. The van der Waals surface area contributed by atoms with Gasteiger partial charge in [-0.2, -0.15) is 0 Å². The van der Waals surface area contributed by atoms with Crippen molar-refractivity contribution in [1.29, 1.82) is 0 Å². The third-order valence-corrected chi connectivity index (χ3v) is 7.35. The summed E-state index contributed by atoms with van der Waals surface area (Å²) in [5.74, 6) is 1.51. The molecule has 0 radical (unpaired) electrons.